The van der Waals surface area contributed by atoms with Crippen LogP contribution in [0, 0.1) is 4.77 Å². The lowest BCUT2D eigenvalue weighted by molar-refractivity contribution is 0.412. The van der Waals surface area contributed by atoms with Gasteiger partial charge >= 0.3 is 0 Å². The SMILES string of the molecule is COc1cc(-n2c(=S)[nH]c3c(Cl)cccc32)c(Br)cc1Br. The Morgan fingerprint density at radius 3 is 2.71 bits per heavy atom. The van der Waals surface area contributed by atoms with Gasteiger partial charge in [0.25, 0.3) is 0 Å². The van der Waals surface area contributed by atoms with Crippen molar-refractivity contribution in [2.24, 2.45) is 0 Å². The highest BCUT2D eigenvalue weighted by atomic mass is 79.9. The lowest BCUT2D eigenvalue weighted by Gasteiger charge is -2.11. The molecule has 1 heterocycles. The summed E-state index contributed by atoms with van der Waals surface area (Å²) >= 11 is 18.7. The number of ether oxygens (including phenoxy) is 1. The smallest absolute Gasteiger partial charge is 0.182 e. The number of benzene rings is 2. The van der Waals surface area contributed by atoms with E-state index in [1.54, 1.807) is 7.11 Å². The van der Waals surface area contributed by atoms with Gasteiger partial charge in [-0.05, 0) is 62.3 Å². The van der Waals surface area contributed by atoms with Gasteiger partial charge in [-0.25, -0.2) is 0 Å². The van der Waals surface area contributed by atoms with Crippen LogP contribution in [-0.4, -0.2) is 16.7 Å². The van der Waals surface area contributed by atoms with Crippen LogP contribution in [0.2, 0.25) is 5.02 Å². The average Bonchev–Trinajstić information content (AvgIpc) is 2.77. The van der Waals surface area contributed by atoms with E-state index < -0.39 is 0 Å². The third-order valence-corrected chi connectivity index (χ3v) is 4.98. The van der Waals surface area contributed by atoms with Crippen molar-refractivity contribution in [1.82, 2.24) is 9.55 Å². The number of hydrogen-bond acceptors (Lipinski definition) is 2. The molecule has 0 aliphatic carbocycles. The van der Waals surface area contributed by atoms with Crippen molar-refractivity contribution in [1.29, 1.82) is 0 Å². The maximum Gasteiger partial charge on any atom is 0.182 e. The zero-order chi connectivity index (χ0) is 15.1. The number of para-hydroxylation sites is 1. The topological polar surface area (TPSA) is 29.9 Å². The molecule has 3 aromatic rings. The fourth-order valence-corrected chi connectivity index (χ4v) is 4.03. The van der Waals surface area contributed by atoms with Crippen molar-refractivity contribution in [3.8, 4) is 11.4 Å². The molecule has 21 heavy (non-hydrogen) atoms. The molecule has 0 bridgehead atoms. The van der Waals surface area contributed by atoms with Crippen molar-refractivity contribution in [2.45, 2.75) is 0 Å². The highest BCUT2D eigenvalue weighted by Gasteiger charge is 2.14. The summed E-state index contributed by atoms with van der Waals surface area (Å²) in [5.41, 5.74) is 2.61. The summed E-state index contributed by atoms with van der Waals surface area (Å²) in [5, 5.41) is 0.637. The molecular formula is C14H9Br2ClN2OS. The van der Waals surface area contributed by atoms with Crippen LogP contribution in [0.15, 0.2) is 39.3 Å². The normalized spacial score (nSPS) is 11.0. The van der Waals surface area contributed by atoms with Crippen LogP contribution in [0.25, 0.3) is 16.7 Å². The predicted molar refractivity (Wildman–Crippen MR) is 95.4 cm³/mol. The highest BCUT2D eigenvalue weighted by Crippen LogP contribution is 2.35. The fourth-order valence-electron chi connectivity index (χ4n) is 2.18. The maximum absolute atomic E-state index is 6.22. The summed E-state index contributed by atoms with van der Waals surface area (Å²) in [6.45, 7) is 0. The second-order valence-electron chi connectivity index (χ2n) is 4.34. The molecule has 3 rings (SSSR count). The molecule has 1 N–H and O–H groups in total. The predicted octanol–water partition coefficient (Wildman–Crippen LogP) is 5.88. The van der Waals surface area contributed by atoms with E-state index in [1.807, 2.05) is 34.9 Å². The third kappa shape index (κ3) is 2.54. The van der Waals surface area contributed by atoms with Crippen molar-refractivity contribution in [2.75, 3.05) is 7.11 Å². The van der Waals surface area contributed by atoms with Gasteiger partial charge in [-0.1, -0.05) is 17.7 Å². The summed E-state index contributed by atoms with van der Waals surface area (Å²) in [7, 11) is 1.63. The minimum absolute atomic E-state index is 0.572. The van der Waals surface area contributed by atoms with Crippen molar-refractivity contribution in [3.05, 3.63) is 49.1 Å². The molecule has 0 fully saturated rings. The summed E-state index contributed by atoms with van der Waals surface area (Å²) in [4.78, 5) is 3.15. The van der Waals surface area contributed by atoms with Crippen molar-refractivity contribution in [3.63, 3.8) is 0 Å². The second-order valence-corrected chi connectivity index (χ2v) is 6.84. The standard InChI is InChI=1S/C14H9Br2ClN2OS/c1-20-12-6-11(7(15)5-8(12)16)19-10-4-2-3-9(17)13(10)18-14(19)21/h2-6H,1H3,(H,18,21). The number of nitrogens with zero attached hydrogens (tertiary/aromatic N) is 1. The summed E-state index contributed by atoms with van der Waals surface area (Å²) in [6, 6.07) is 9.54. The van der Waals surface area contributed by atoms with Gasteiger partial charge in [0.1, 0.15) is 5.75 Å². The number of imidazole rings is 1. The van der Waals surface area contributed by atoms with Gasteiger partial charge in [-0.15, -0.1) is 0 Å². The lowest BCUT2D eigenvalue weighted by Crippen LogP contribution is -1.97. The Labute approximate surface area is 148 Å². The van der Waals surface area contributed by atoms with E-state index in [9.17, 15) is 0 Å². The van der Waals surface area contributed by atoms with E-state index in [2.05, 4.69) is 36.8 Å². The molecular weight excluding hydrogens is 439 g/mol. The first-order valence-electron chi connectivity index (χ1n) is 5.95. The second kappa shape index (κ2) is 5.76. The van der Waals surface area contributed by atoms with Gasteiger partial charge in [0, 0.05) is 10.5 Å². The Balaban J connectivity index is 2.38. The van der Waals surface area contributed by atoms with E-state index in [0.717, 1.165) is 31.4 Å². The summed E-state index contributed by atoms with van der Waals surface area (Å²) in [6.07, 6.45) is 0. The minimum Gasteiger partial charge on any atom is -0.495 e. The van der Waals surface area contributed by atoms with Gasteiger partial charge in [0.05, 0.1) is 33.3 Å². The Bertz CT molecular complexity index is 904. The van der Waals surface area contributed by atoms with E-state index in [4.69, 9.17) is 28.6 Å². The number of nitrogens with one attached hydrogen (secondary N) is 1. The molecule has 7 heteroatoms. The van der Waals surface area contributed by atoms with E-state index in [1.165, 1.54) is 0 Å². The molecule has 0 aliphatic rings. The van der Waals surface area contributed by atoms with Crippen LogP contribution in [0.1, 0.15) is 0 Å². The zero-order valence-electron chi connectivity index (χ0n) is 10.8. The van der Waals surface area contributed by atoms with E-state index in [0.29, 0.717) is 9.79 Å². The first kappa shape index (κ1) is 15.1. The van der Waals surface area contributed by atoms with Crippen molar-refractivity contribution >= 4 is 66.7 Å². The maximum atomic E-state index is 6.22. The quantitative estimate of drug-likeness (QED) is 0.497. The van der Waals surface area contributed by atoms with E-state index >= 15 is 0 Å². The highest BCUT2D eigenvalue weighted by molar-refractivity contribution is 9.11. The Morgan fingerprint density at radius 2 is 2.00 bits per heavy atom. The van der Waals surface area contributed by atoms with Crippen LogP contribution in [0.3, 0.4) is 0 Å². The van der Waals surface area contributed by atoms with Gasteiger partial charge in [0.15, 0.2) is 4.77 Å². The molecule has 0 radical (unpaired) electrons. The molecule has 0 unspecified atom stereocenters. The monoisotopic (exact) mass is 446 g/mol. The number of H-pyrrole nitrogens is 1. The first-order valence-corrected chi connectivity index (χ1v) is 8.33. The average molecular weight is 449 g/mol. The fraction of sp³-hybridized carbons (Fsp3) is 0.0714. The zero-order valence-corrected chi connectivity index (χ0v) is 15.5. The van der Waals surface area contributed by atoms with Crippen LogP contribution < -0.4 is 4.74 Å². The molecule has 108 valence electrons. The van der Waals surface area contributed by atoms with Crippen LogP contribution in [0.5, 0.6) is 5.75 Å². The van der Waals surface area contributed by atoms with Gasteiger partial charge in [-0.3, -0.25) is 4.57 Å². The molecule has 2 aromatic carbocycles. The van der Waals surface area contributed by atoms with Gasteiger partial charge in [-0.2, -0.15) is 0 Å². The largest absolute Gasteiger partial charge is 0.495 e. The molecule has 0 saturated heterocycles. The molecule has 0 aliphatic heterocycles. The number of hydrogen-bond donors (Lipinski definition) is 1. The molecule has 3 nitrogen and oxygen atoms in total. The van der Waals surface area contributed by atoms with Crippen LogP contribution in [0.4, 0.5) is 0 Å². The molecule has 0 spiro atoms. The Morgan fingerprint density at radius 1 is 1.24 bits per heavy atom. The molecule has 1 aromatic heterocycles. The minimum atomic E-state index is 0.572. The molecule has 0 amide bonds. The number of fused-ring (bicyclic) bond motifs is 1. The third-order valence-electron chi connectivity index (χ3n) is 3.13. The number of aromatic amines is 1. The number of methoxy groups -OCH3 is 1. The first-order chi connectivity index (χ1) is 10.0. The Hall–Kier alpha value is -0.820. The van der Waals surface area contributed by atoms with Crippen LogP contribution in [-0.2, 0) is 0 Å². The number of halogens is 3. The Kier molecular flexibility index (Phi) is 4.14. The van der Waals surface area contributed by atoms with Crippen molar-refractivity contribution < 1.29 is 4.74 Å². The summed E-state index contributed by atoms with van der Waals surface area (Å²) < 4.78 is 9.62. The van der Waals surface area contributed by atoms with Gasteiger partial charge < -0.3 is 9.72 Å². The molecule has 0 saturated carbocycles. The lowest BCUT2D eigenvalue weighted by atomic mass is 10.2. The number of rotatable bonds is 2. The summed E-state index contributed by atoms with van der Waals surface area (Å²) in [5.74, 6) is 0.728. The molecule has 0 atom stereocenters. The van der Waals surface area contributed by atoms with Gasteiger partial charge in [0.2, 0.25) is 0 Å². The van der Waals surface area contributed by atoms with Crippen LogP contribution >= 0.6 is 55.7 Å². The number of aromatic nitrogens is 2. The van der Waals surface area contributed by atoms with E-state index in [-0.39, 0.29) is 0 Å².